The van der Waals surface area contributed by atoms with E-state index in [1.807, 2.05) is 67.6 Å². The zero-order chi connectivity index (χ0) is 27.5. The summed E-state index contributed by atoms with van der Waals surface area (Å²) in [7, 11) is 0. The van der Waals surface area contributed by atoms with Crippen molar-refractivity contribution in [1.29, 1.82) is 0 Å². The lowest BCUT2D eigenvalue weighted by molar-refractivity contribution is 0.102. The lowest BCUT2D eigenvalue weighted by Crippen LogP contribution is -2.25. The quantitative estimate of drug-likeness (QED) is 0.316. The molecule has 2 aliphatic heterocycles. The minimum Gasteiger partial charge on any atom is -0.492 e. The van der Waals surface area contributed by atoms with Crippen molar-refractivity contribution in [2.75, 3.05) is 49.5 Å². The summed E-state index contributed by atoms with van der Waals surface area (Å²) >= 11 is 0. The summed E-state index contributed by atoms with van der Waals surface area (Å²) < 4.78 is 7.65. The number of pyridine rings is 1. The molecule has 0 saturated carbocycles. The lowest BCUT2D eigenvalue weighted by atomic mass is 10.1. The van der Waals surface area contributed by atoms with Gasteiger partial charge in [0.15, 0.2) is 0 Å². The number of anilines is 2. The molecule has 7 heteroatoms. The van der Waals surface area contributed by atoms with E-state index in [0.717, 1.165) is 55.0 Å². The Bertz CT molecular complexity index is 1580. The second-order valence-corrected chi connectivity index (χ2v) is 10.8. The molecule has 0 unspecified atom stereocenters. The molecule has 6 rings (SSSR count). The molecule has 3 aromatic carbocycles. The van der Waals surface area contributed by atoms with E-state index in [4.69, 9.17) is 4.74 Å². The Kier molecular flexibility index (Phi) is 7.55. The Morgan fingerprint density at radius 1 is 0.900 bits per heavy atom. The van der Waals surface area contributed by atoms with E-state index in [-0.39, 0.29) is 11.5 Å². The summed E-state index contributed by atoms with van der Waals surface area (Å²) in [6.07, 6.45) is 6.68. The number of likely N-dealkylation sites (tertiary alicyclic amines) is 1. The molecule has 40 heavy (non-hydrogen) atoms. The number of amides is 1. The maximum atomic E-state index is 13.6. The molecule has 3 heterocycles. The molecule has 1 aromatic heterocycles. The van der Waals surface area contributed by atoms with Crippen LogP contribution in [0.2, 0.25) is 0 Å². The second-order valence-electron chi connectivity index (χ2n) is 10.8. The normalized spacial score (nSPS) is 15.6. The highest BCUT2D eigenvalue weighted by Crippen LogP contribution is 2.24. The Morgan fingerprint density at radius 2 is 1.70 bits per heavy atom. The average Bonchev–Trinajstić information content (AvgIpc) is 3.70. The van der Waals surface area contributed by atoms with E-state index in [2.05, 4.69) is 21.2 Å². The standard InChI is InChI=1S/C33H36N4O3/c1-24-9-11-27(34-32(38)26-7-6-8-28(21-26)36-16-4-5-17-36)22-31(24)37-18-13-25-10-12-29(23-30(25)33(37)39)40-20-19-35-14-2-3-15-35/h6-13,18,21-23H,2-5,14-17,19-20H2,1H3,(H,34,38). The van der Waals surface area contributed by atoms with Crippen LogP contribution < -0.4 is 20.5 Å². The summed E-state index contributed by atoms with van der Waals surface area (Å²) in [6, 6.07) is 21.1. The molecule has 7 nitrogen and oxygen atoms in total. The van der Waals surface area contributed by atoms with E-state index in [0.29, 0.717) is 29.0 Å². The molecule has 0 aliphatic carbocycles. The summed E-state index contributed by atoms with van der Waals surface area (Å²) in [4.78, 5) is 31.5. The van der Waals surface area contributed by atoms with Crippen LogP contribution in [-0.4, -0.2) is 54.7 Å². The molecular weight excluding hydrogens is 500 g/mol. The zero-order valence-corrected chi connectivity index (χ0v) is 23.1. The summed E-state index contributed by atoms with van der Waals surface area (Å²) in [5, 5.41) is 4.50. The van der Waals surface area contributed by atoms with Gasteiger partial charge in [-0.05, 0) is 105 Å². The second kappa shape index (κ2) is 11.6. The third-order valence-electron chi connectivity index (χ3n) is 8.06. The SMILES string of the molecule is Cc1ccc(NC(=O)c2cccc(N3CCCC3)c2)cc1-n1ccc2ccc(OCCN3CCCC3)cc2c1=O. The molecule has 1 N–H and O–H groups in total. The minimum atomic E-state index is -0.169. The van der Waals surface area contributed by atoms with Gasteiger partial charge in [0.05, 0.1) is 11.1 Å². The maximum absolute atomic E-state index is 13.6. The molecule has 206 valence electrons. The number of aryl methyl sites for hydroxylation is 1. The van der Waals surface area contributed by atoms with Gasteiger partial charge in [-0.3, -0.25) is 19.1 Å². The van der Waals surface area contributed by atoms with Gasteiger partial charge in [-0.25, -0.2) is 0 Å². The van der Waals surface area contributed by atoms with E-state index in [1.165, 1.54) is 25.7 Å². The molecule has 2 aliphatic rings. The summed E-state index contributed by atoms with van der Waals surface area (Å²) in [6.45, 7) is 7.80. The topological polar surface area (TPSA) is 66.8 Å². The fourth-order valence-corrected chi connectivity index (χ4v) is 5.77. The number of carbonyl (C=O) groups excluding carboxylic acids is 1. The van der Waals surface area contributed by atoms with Crippen LogP contribution in [0.15, 0.2) is 77.7 Å². The first-order chi connectivity index (χ1) is 19.5. The predicted molar refractivity (Wildman–Crippen MR) is 161 cm³/mol. The van der Waals surface area contributed by atoms with Crippen LogP contribution in [0.1, 0.15) is 41.6 Å². The van der Waals surface area contributed by atoms with Gasteiger partial charge in [-0.15, -0.1) is 0 Å². The lowest BCUT2D eigenvalue weighted by Gasteiger charge is -2.18. The van der Waals surface area contributed by atoms with E-state index in [9.17, 15) is 9.59 Å². The highest BCUT2D eigenvalue weighted by Gasteiger charge is 2.16. The van der Waals surface area contributed by atoms with E-state index in [1.54, 1.807) is 10.8 Å². The van der Waals surface area contributed by atoms with Crippen LogP contribution in [0.3, 0.4) is 0 Å². The van der Waals surface area contributed by atoms with Gasteiger partial charge in [-0.2, -0.15) is 0 Å². The molecule has 0 atom stereocenters. The number of fused-ring (bicyclic) bond motifs is 1. The fourth-order valence-electron chi connectivity index (χ4n) is 5.77. The van der Waals surface area contributed by atoms with Crippen LogP contribution in [0.4, 0.5) is 11.4 Å². The van der Waals surface area contributed by atoms with Crippen molar-refractivity contribution in [3.05, 3.63) is 94.4 Å². The number of hydrogen-bond acceptors (Lipinski definition) is 5. The monoisotopic (exact) mass is 536 g/mol. The number of rotatable bonds is 8. The highest BCUT2D eigenvalue weighted by molar-refractivity contribution is 6.05. The molecule has 2 fully saturated rings. The number of aromatic nitrogens is 1. The molecule has 0 radical (unpaired) electrons. The van der Waals surface area contributed by atoms with Crippen molar-refractivity contribution >= 4 is 28.1 Å². The van der Waals surface area contributed by atoms with Crippen molar-refractivity contribution in [2.45, 2.75) is 32.6 Å². The Morgan fingerprint density at radius 3 is 2.52 bits per heavy atom. The zero-order valence-electron chi connectivity index (χ0n) is 23.1. The average molecular weight is 537 g/mol. The highest BCUT2D eigenvalue weighted by atomic mass is 16.5. The van der Waals surface area contributed by atoms with Gasteiger partial charge in [0.25, 0.3) is 11.5 Å². The maximum Gasteiger partial charge on any atom is 0.263 e. The molecule has 0 bridgehead atoms. The number of nitrogens with zero attached hydrogens (tertiary/aromatic N) is 3. The largest absolute Gasteiger partial charge is 0.492 e. The van der Waals surface area contributed by atoms with Crippen LogP contribution in [0.5, 0.6) is 5.75 Å². The van der Waals surface area contributed by atoms with Crippen LogP contribution in [0, 0.1) is 6.92 Å². The number of carbonyl (C=O) groups is 1. The molecule has 4 aromatic rings. The Labute approximate surface area is 235 Å². The predicted octanol–water partition coefficient (Wildman–Crippen LogP) is 5.63. The van der Waals surface area contributed by atoms with Gasteiger partial charge >= 0.3 is 0 Å². The summed E-state index contributed by atoms with van der Waals surface area (Å²) in [5.74, 6) is 0.535. The molecule has 2 saturated heterocycles. The Balaban J connectivity index is 1.22. The van der Waals surface area contributed by atoms with Crippen molar-refractivity contribution in [3.8, 4) is 11.4 Å². The Hall–Kier alpha value is -4.10. The van der Waals surface area contributed by atoms with Crippen molar-refractivity contribution < 1.29 is 9.53 Å². The van der Waals surface area contributed by atoms with Crippen molar-refractivity contribution in [3.63, 3.8) is 0 Å². The van der Waals surface area contributed by atoms with E-state index < -0.39 is 0 Å². The number of benzene rings is 3. The number of hydrogen-bond donors (Lipinski definition) is 1. The third kappa shape index (κ3) is 5.61. The molecule has 0 spiro atoms. The van der Waals surface area contributed by atoms with Crippen LogP contribution in [-0.2, 0) is 0 Å². The van der Waals surface area contributed by atoms with Gasteiger partial charge in [0, 0.05) is 42.8 Å². The molecule has 1 amide bonds. The summed E-state index contributed by atoms with van der Waals surface area (Å²) in [5.41, 5.74) is 3.89. The van der Waals surface area contributed by atoms with Crippen molar-refractivity contribution in [2.24, 2.45) is 0 Å². The van der Waals surface area contributed by atoms with Gasteiger partial charge in [0.1, 0.15) is 12.4 Å². The van der Waals surface area contributed by atoms with Gasteiger partial charge in [0.2, 0.25) is 0 Å². The smallest absolute Gasteiger partial charge is 0.263 e. The minimum absolute atomic E-state index is 0.118. The van der Waals surface area contributed by atoms with Crippen LogP contribution >= 0.6 is 0 Å². The van der Waals surface area contributed by atoms with Gasteiger partial charge < -0.3 is 15.0 Å². The van der Waals surface area contributed by atoms with Crippen molar-refractivity contribution in [1.82, 2.24) is 9.47 Å². The first kappa shape index (κ1) is 26.1. The van der Waals surface area contributed by atoms with Gasteiger partial charge in [-0.1, -0.05) is 18.2 Å². The first-order valence-electron chi connectivity index (χ1n) is 14.3. The number of ether oxygens (including phenoxy) is 1. The fraction of sp³-hybridized carbons (Fsp3) is 0.333. The third-order valence-corrected chi connectivity index (χ3v) is 8.06. The van der Waals surface area contributed by atoms with Crippen LogP contribution in [0.25, 0.3) is 16.5 Å². The first-order valence-corrected chi connectivity index (χ1v) is 14.3. The molecular formula is C33H36N4O3. The van der Waals surface area contributed by atoms with E-state index >= 15 is 0 Å². The number of nitrogens with one attached hydrogen (secondary N) is 1.